The van der Waals surface area contributed by atoms with Crippen LogP contribution in [0.25, 0.3) is 11.3 Å². The SMILES string of the molecule is O=C(O)CCNC(=O)c1ccc(N(Cc2ccc(C(F)(F)F)cc2)c2nc(-c3ccc(Cl)cc3)cs2)cc1. The Labute approximate surface area is 225 Å². The van der Waals surface area contributed by atoms with Gasteiger partial charge >= 0.3 is 12.1 Å². The lowest BCUT2D eigenvalue weighted by molar-refractivity contribution is -0.138. The molecule has 0 spiro atoms. The Morgan fingerprint density at radius 3 is 2.24 bits per heavy atom. The molecule has 0 aliphatic heterocycles. The minimum Gasteiger partial charge on any atom is -0.481 e. The second-order valence-electron chi connectivity index (χ2n) is 8.25. The van der Waals surface area contributed by atoms with Gasteiger partial charge in [0.2, 0.25) is 0 Å². The zero-order valence-corrected chi connectivity index (χ0v) is 21.3. The Kier molecular flexibility index (Phi) is 8.33. The maximum Gasteiger partial charge on any atom is 0.416 e. The van der Waals surface area contributed by atoms with Crippen molar-refractivity contribution in [2.45, 2.75) is 19.1 Å². The summed E-state index contributed by atoms with van der Waals surface area (Å²) >= 11 is 7.36. The topological polar surface area (TPSA) is 82.5 Å². The smallest absolute Gasteiger partial charge is 0.416 e. The molecule has 4 rings (SSSR count). The van der Waals surface area contributed by atoms with Gasteiger partial charge in [0.15, 0.2) is 5.13 Å². The van der Waals surface area contributed by atoms with E-state index in [1.807, 2.05) is 22.4 Å². The van der Waals surface area contributed by atoms with Gasteiger partial charge in [-0.3, -0.25) is 9.59 Å². The second-order valence-corrected chi connectivity index (χ2v) is 9.52. The number of rotatable bonds is 9. The number of nitrogens with zero attached hydrogens (tertiary/aromatic N) is 2. The number of halogens is 4. The number of nitrogens with one attached hydrogen (secondary N) is 1. The Hall–Kier alpha value is -3.89. The van der Waals surface area contributed by atoms with Crippen LogP contribution >= 0.6 is 22.9 Å². The van der Waals surface area contributed by atoms with Crippen molar-refractivity contribution in [2.24, 2.45) is 0 Å². The molecule has 0 aliphatic carbocycles. The lowest BCUT2D eigenvalue weighted by atomic mass is 10.1. The molecule has 0 unspecified atom stereocenters. The Balaban J connectivity index is 1.61. The molecule has 11 heteroatoms. The van der Waals surface area contributed by atoms with Crippen molar-refractivity contribution in [3.05, 3.63) is 99.9 Å². The third-order valence-electron chi connectivity index (χ3n) is 5.55. The molecule has 0 saturated heterocycles. The van der Waals surface area contributed by atoms with Crippen molar-refractivity contribution in [1.29, 1.82) is 0 Å². The zero-order valence-electron chi connectivity index (χ0n) is 19.7. The van der Waals surface area contributed by atoms with E-state index in [4.69, 9.17) is 21.7 Å². The summed E-state index contributed by atoms with van der Waals surface area (Å²) in [6, 6.07) is 18.8. The standard InChI is InChI=1S/C27H21ClF3N3O3S/c28-21-9-3-18(4-10-21)23-16-38-26(33-23)34(15-17-1-7-20(8-2-17)27(29,30)31)22-11-5-19(6-12-22)25(37)32-14-13-24(35)36/h1-12,16H,13-15H2,(H,32,37)(H,35,36). The van der Waals surface area contributed by atoms with Crippen molar-refractivity contribution in [2.75, 3.05) is 11.4 Å². The van der Waals surface area contributed by atoms with E-state index < -0.39 is 23.6 Å². The van der Waals surface area contributed by atoms with Gasteiger partial charge in [-0.15, -0.1) is 11.3 Å². The highest BCUT2D eigenvalue weighted by Gasteiger charge is 2.30. The molecule has 1 heterocycles. The number of alkyl halides is 3. The van der Waals surface area contributed by atoms with Crippen LogP contribution in [0.15, 0.2) is 78.2 Å². The first kappa shape index (κ1) is 27.2. The van der Waals surface area contributed by atoms with Crippen LogP contribution in [-0.4, -0.2) is 28.5 Å². The summed E-state index contributed by atoms with van der Waals surface area (Å²) in [6.07, 6.45) is -4.62. The van der Waals surface area contributed by atoms with Crippen molar-refractivity contribution in [3.8, 4) is 11.3 Å². The van der Waals surface area contributed by atoms with Crippen LogP contribution in [-0.2, 0) is 17.5 Å². The number of thiazole rings is 1. The number of hydrogen-bond acceptors (Lipinski definition) is 5. The van der Waals surface area contributed by atoms with Crippen LogP contribution in [0.1, 0.15) is 27.9 Å². The van der Waals surface area contributed by atoms with Crippen LogP contribution in [0.4, 0.5) is 24.0 Å². The number of carboxylic acids is 1. The first-order chi connectivity index (χ1) is 18.1. The minimum atomic E-state index is -4.43. The third-order valence-corrected chi connectivity index (χ3v) is 6.67. The van der Waals surface area contributed by atoms with Crippen molar-refractivity contribution in [1.82, 2.24) is 10.3 Å². The summed E-state index contributed by atoms with van der Waals surface area (Å²) in [4.78, 5) is 29.6. The zero-order chi connectivity index (χ0) is 27.3. The van der Waals surface area contributed by atoms with Crippen LogP contribution in [0, 0.1) is 0 Å². The quantitative estimate of drug-likeness (QED) is 0.230. The molecule has 2 N–H and O–H groups in total. The van der Waals surface area contributed by atoms with E-state index in [1.165, 1.54) is 23.5 Å². The second kappa shape index (κ2) is 11.7. The molecule has 1 amide bonds. The van der Waals surface area contributed by atoms with E-state index in [2.05, 4.69) is 5.32 Å². The first-order valence-electron chi connectivity index (χ1n) is 11.4. The van der Waals surface area contributed by atoms with Gasteiger partial charge in [-0.2, -0.15) is 13.2 Å². The van der Waals surface area contributed by atoms with Crippen LogP contribution in [0.5, 0.6) is 0 Å². The van der Waals surface area contributed by atoms with Gasteiger partial charge in [0.05, 0.1) is 24.2 Å². The molecule has 1 aromatic heterocycles. The molecule has 38 heavy (non-hydrogen) atoms. The fourth-order valence-corrected chi connectivity index (χ4v) is 4.55. The normalized spacial score (nSPS) is 11.3. The fourth-order valence-electron chi connectivity index (χ4n) is 3.57. The van der Waals surface area contributed by atoms with E-state index in [-0.39, 0.29) is 19.5 Å². The average molecular weight is 560 g/mol. The van der Waals surface area contributed by atoms with Gasteiger partial charge in [-0.05, 0) is 54.1 Å². The Morgan fingerprint density at radius 2 is 1.63 bits per heavy atom. The van der Waals surface area contributed by atoms with Crippen molar-refractivity contribution >= 4 is 45.6 Å². The average Bonchev–Trinajstić information content (AvgIpc) is 3.37. The van der Waals surface area contributed by atoms with E-state index in [1.54, 1.807) is 36.4 Å². The third kappa shape index (κ3) is 6.90. The number of carbonyl (C=O) groups excluding carboxylic acids is 1. The Morgan fingerprint density at radius 1 is 0.974 bits per heavy atom. The summed E-state index contributed by atoms with van der Waals surface area (Å²) in [5.41, 5.74) is 2.49. The molecule has 0 aliphatic rings. The highest BCUT2D eigenvalue weighted by Crippen LogP contribution is 2.35. The monoisotopic (exact) mass is 559 g/mol. The number of carboxylic acid groups (broad SMARTS) is 1. The number of carbonyl (C=O) groups is 2. The fraction of sp³-hybridized carbons (Fsp3) is 0.148. The Bertz CT molecular complexity index is 1410. The summed E-state index contributed by atoms with van der Waals surface area (Å²) in [7, 11) is 0. The van der Waals surface area contributed by atoms with E-state index in [9.17, 15) is 22.8 Å². The maximum atomic E-state index is 13.0. The highest BCUT2D eigenvalue weighted by molar-refractivity contribution is 7.14. The molecule has 0 radical (unpaired) electrons. The maximum absolute atomic E-state index is 13.0. The summed E-state index contributed by atoms with van der Waals surface area (Å²) in [5, 5.41) is 14.4. The number of aromatic nitrogens is 1. The van der Waals surface area contributed by atoms with E-state index in [0.29, 0.717) is 32.7 Å². The number of anilines is 2. The van der Waals surface area contributed by atoms with Gasteiger partial charge in [0.25, 0.3) is 5.91 Å². The molecular formula is C27H21ClF3N3O3S. The summed E-state index contributed by atoms with van der Waals surface area (Å²) in [6.45, 7) is 0.235. The summed E-state index contributed by atoms with van der Waals surface area (Å²) in [5.74, 6) is -1.42. The first-order valence-corrected chi connectivity index (χ1v) is 12.6. The van der Waals surface area contributed by atoms with Gasteiger partial charge in [0.1, 0.15) is 0 Å². The molecule has 6 nitrogen and oxygen atoms in total. The van der Waals surface area contributed by atoms with Crippen LogP contribution < -0.4 is 10.2 Å². The van der Waals surface area contributed by atoms with Gasteiger partial charge in [0, 0.05) is 33.8 Å². The molecule has 4 aromatic rings. The van der Waals surface area contributed by atoms with E-state index >= 15 is 0 Å². The number of aliphatic carboxylic acids is 1. The lowest BCUT2D eigenvalue weighted by Crippen LogP contribution is -2.26. The van der Waals surface area contributed by atoms with Crippen LogP contribution in [0.2, 0.25) is 5.02 Å². The van der Waals surface area contributed by atoms with E-state index in [0.717, 1.165) is 17.7 Å². The molecule has 0 atom stereocenters. The van der Waals surface area contributed by atoms with Gasteiger partial charge in [-0.1, -0.05) is 35.9 Å². The molecule has 196 valence electrons. The number of benzene rings is 3. The van der Waals surface area contributed by atoms with Gasteiger partial charge < -0.3 is 15.3 Å². The summed E-state index contributed by atoms with van der Waals surface area (Å²) < 4.78 is 39.1. The number of hydrogen-bond donors (Lipinski definition) is 2. The lowest BCUT2D eigenvalue weighted by Gasteiger charge is -2.23. The molecule has 0 saturated carbocycles. The molecule has 0 fully saturated rings. The minimum absolute atomic E-state index is 0.00253. The van der Waals surface area contributed by atoms with Crippen molar-refractivity contribution in [3.63, 3.8) is 0 Å². The molecule has 0 bridgehead atoms. The van der Waals surface area contributed by atoms with Gasteiger partial charge in [-0.25, -0.2) is 4.98 Å². The predicted molar refractivity (Wildman–Crippen MR) is 141 cm³/mol. The number of amides is 1. The molecule has 3 aromatic carbocycles. The van der Waals surface area contributed by atoms with Crippen molar-refractivity contribution < 1.29 is 27.9 Å². The predicted octanol–water partition coefficient (Wildman–Crippen LogP) is 7.03. The largest absolute Gasteiger partial charge is 0.481 e. The highest BCUT2D eigenvalue weighted by atomic mass is 35.5. The molecular weight excluding hydrogens is 539 g/mol. The van der Waals surface area contributed by atoms with Crippen LogP contribution in [0.3, 0.4) is 0 Å².